The van der Waals surface area contributed by atoms with E-state index in [0.717, 1.165) is 41.5 Å². The van der Waals surface area contributed by atoms with E-state index in [9.17, 15) is 0 Å². The zero-order valence-corrected chi connectivity index (χ0v) is 17.4. The molecular formula is C23H28N4O3. The number of guanidine groups is 1. The number of ether oxygens (including phenoxy) is 2. The van der Waals surface area contributed by atoms with Gasteiger partial charge in [-0.3, -0.25) is 4.99 Å². The summed E-state index contributed by atoms with van der Waals surface area (Å²) in [6, 6.07) is 17.7. The smallest absolute Gasteiger partial charge is 0.226 e. The third-order valence-corrected chi connectivity index (χ3v) is 4.42. The van der Waals surface area contributed by atoms with Gasteiger partial charge in [0.1, 0.15) is 12.0 Å². The minimum absolute atomic E-state index is 0.532. The fourth-order valence-corrected chi connectivity index (χ4v) is 2.79. The molecule has 7 nitrogen and oxygen atoms in total. The van der Waals surface area contributed by atoms with Crippen LogP contribution in [0.5, 0.6) is 5.75 Å². The van der Waals surface area contributed by atoms with Crippen LogP contribution < -0.4 is 15.4 Å². The molecule has 0 fully saturated rings. The van der Waals surface area contributed by atoms with Crippen LogP contribution in [0.2, 0.25) is 0 Å². The number of nitrogens with zero attached hydrogens (tertiary/aromatic N) is 2. The molecule has 1 heterocycles. The van der Waals surface area contributed by atoms with Gasteiger partial charge in [0, 0.05) is 25.8 Å². The maximum absolute atomic E-state index is 5.72. The van der Waals surface area contributed by atoms with E-state index in [4.69, 9.17) is 13.9 Å². The Morgan fingerprint density at radius 2 is 1.87 bits per heavy atom. The molecule has 0 saturated carbocycles. The van der Waals surface area contributed by atoms with Crippen molar-refractivity contribution in [3.05, 3.63) is 72.1 Å². The third-order valence-electron chi connectivity index (χ3n) is 4.42. The van der Waals surface area contributed by atoms with Crippen molar-refractivity contribution in [2.75, 3.05) is 27.3 Å². The number of nitrogens with one attached hydrogen (secondary N) is 2. The second-order valence-electron chi connectivity index (χ2n) is 6.62. The first-order valence-corrected chi connectivity index (χ1v) is 9.93. The van der Waals surface area contributed by atoms with Gasteiger partial charge in [-0.05, 0) is 36.2 Å². The van der Waals surface area contributed by atoms with Gasteiger partial charge >= 0.3 is 0 Å². The minimum atomic E-state index is 0.532. The van der Waals surface area contributed by atoms with Crippen molar-refractivity contribution in [3.63, 3.8) is 0 Å². The van der Waals surface area contributed by atoms with Gasteiger partial charge in [-0.2, -0.15) is 0 Å². The number of oxazole rings is 1. The minimum Gasteiger partial charge on any atom is -0.497 e. The highest BCUT2D eigenvalue weighted by atomic mass is 16.5. The third kappa shape index (κ3) is 6.63. The number of aromatic nitrogens is 1. The molecule has 7 heteroatoms. The number of benzene rings is 2. The van der Waals surface area contributed by atoms with Crippen LogP contribution in [-0.2, 0) is 17.9 Å². The first-order chi connectivity index (χ1) is 14.8. The second-order valence-corrected chi connectivity index (χ2v) is 6.62. The molecule has 0 bridgehead atoms. The molecule has 0 amide bonds. The molecule has 0 aliphatic rings. The molecule has 2 aromatic carbocycles. The van der Waals surface area contributed by atoms with Gasteiger partial charge in [0.25, 0.3) is 0 Å². The van der Waals surface area contributed by atoms with Crippen LogP contribution in [0, 0.1) is 0 Å². The van der Waals surface area contributed by atoms with E-state index in [1.807, 2.05) is 54.6 Å². The van der Waals surface area contributed by atoms with Gasteiger partial charge in [-0.25, -0.2) is 4.98 Å². The predicted octanol–water partition coefficient (Wildman–Crippen LogP) is 3.62. The van der Waals surface area contributed by atoms with Crippen molar-refractivity contribution in [1.82, 2.24) is 15.6 Å². The fraction of sp³-hybridized carbons (Fsp3) is 0.304. The molecule has 0 radical (unpaired) electrons. The Bertz CT molecular complexity index is 908. The molecule has 3 aromatic rings. The SMILES string of the molecule is CN=C(NCCCOCc1ccc(OC)cc1)NCc1coc(-c2ccccc2)n1. The quantitative estimate of drug-likeness (QED) is 0.303. The topological polar surface area (TPSA) is 80.9 Å². The van der Waals surface area contributed by atoms with Crippen LogP contribution in [0.15, 0.2) is 70.3 Å². The van der Waals surface area contributed by atoms with Gasteiger partial charge in [0.2, 0.25) is 5.89 Å². The average Bonchev–Trinajstić information content (AvgIpc) is 3.28. The first kappa shape index (κ1) is 21.4. The summed E-state index contributed by atoms with van der Waals surface area (Å²) in [5.41, 5.74) is 2.91. The fourth-order valence-electron chi connectivity index (χ4n) is 2.79. The van der Waals surface area contributed by atoms with Crippen molar-refractivity contribution < 1.29 is 13.9 Å². The first-order valence-electron chi connectivity index (χ1n) is 9.93. The molecule has 30 heavy (non-hydrogen) atoms. The molecule has 0 aliphatic carbocycles. The van der Waals surface area contributed by atoms with E-state index in [1.165, 1.54) is 0 Å². The Labute approximate surface area is 177 Å². The molecular weight excluding hydrogens is 380 g/mol. The Kier molecular flexibility index (Phi) is 8.29. The highest BCUT2D eigenvalue weighted by Crippen LogP contribution is 2.17. The Morgan fingerprint density at radius 1 is 1.07 bits per heavy atom. The molecule has 158 valence electrons. The van der Waals surface area contributed by atoms with E-state index < -0.39 is 0 Å². The van der Waals surface area contributed by atoms with Crippen LogP contribution in [0.25, 0.3) is 11.5 Å². The Balaban J connectivity index is 1.31. The summed E-state index contributed by atoms with van der Waals surface area (Å²) in [7, 11) is 3.41. The zero-order valence-electron chi connectivity index (χ0n) is 17.4. The number of methoxy groups -OCH3 is 1. The molecule has 0 saturated heterocycles. The standard InChI is InChI=1S/C23H28N4O3/c1-24-23(25-13-6-14-29-16-18-9-11-21(28-2)12-10-18)26-15-20-17-30-22(27-20)19-7-4-3-5-8-19/h3-5,7-12,17H,6,13-16H2,1-2H3,(H2,24,25,26). The number of aliphatic imine (C=N–C) groups is 1. The molecule has 2 N–H and O–H groups in total. The van der Waals surface area contributed by atoms with E-state index in [2.05, 4.69) is 20.6 Å². The molecule has 3 rings (SSSR count). The lowest BCUT2D eigenvalue weighted by atomic mass is 10.2. The maximum atomic E-state index is 5.72. The Hall–Kier alpha value is -3.32. The van der Waals surface area contributed by atoms with Crippen molar-refractivity contribution in [2.24, 2.45) is 4.99 Å². The van der Waals surface area contributed by atoms with Crippen LogP contribution in [0.4, 0.5) is 0 Å². The van der Waals surface area contributed by atoms with E-state index in [-0.39, 0.29) is 0 Å². The van der Waals surface area contributed by atoms with Gasteiger partial charge in [0.05, 0.1) is 26.0 Å². The summed E-state index contributed by atoms with van der Waals surface area (Å²) in [4.78, 5) is 8.74. The van der Waals surface area contributed by atoms with Crippen molar-refractivity contribution >= 4 is 5.96 Å². The molecule has 0 spiro atoms. The summed E-state index contributed by atoms with van der Waals surface area (Å²) in [6.07, 6.45) is 2.54. The van der Waals surface area contributed by atoms with Crippen LogP contribution >= 0.6 is 0 Å². The lowest BCUT2D eigenvalue weighted by Crippen LogP contribution is -2.37. The summed E-state index contributed by atoms with van der Waals surface area (Å²) < 4.78 is 16.4. The Morgan fingerprint density at radius 3 is 2.60 bits per heavy atom. The van der Waals surface area contributed by atoms with Gasteiger partial charge in [-0.1, -0.05) is 30.3 Å². The summed E-state index contributed by atoms with van der Waals surface area (Å²) in [6.45, 7) is 2.55. The second kappa shape index (κ2) is 11.6. The maximum Gasteiger partial charge on any atom is 0.226 e. The van der Waals surface area contributed by atoms with E-state index >= 15 is 0 Å². The van der Waals surface area contributed by atoms with Crippen molar-refractivity contribution in [2.45, 2.75) is 19.6 Å². The highest BCUT2D eigenvalue weighted by molar-refractivity contribution is 5.79. The lowest BCUT2D eigenvalue weighted by molar-refractivity contribution is 0.119. The van der Waals surface area contributed by atoms with E-state index in [1.54, 1.807) is 20.4 Å². The molecule has 0 aliphatic heterocycles. The van der Waals surface area contributed by atoms with Gasteiger partial charge in [-0.15, -0.1) is 0 Å². The molecule has 0 atom stereocenters. The van der Waals surface area contributed by atoms with Crippen LogP contribution in [0.3, 0.4) is 0 Å². The van der Waals surface area contributed by atoms with Crippen LogP contribution in [-0.4, -0.2) is 38.3 Å². The lowest BCUT2D eigenvalue weighted by Gasteiger charge is -2.11. The largest absolute Gasteiger partial charge is 0.497 e. The van der Waals surface area contributed by atoms with E-state index in [0.29, 0.717) is 25.6 Å². The van der Waals surface area contributed by atoms with Crippen molar-refractivity contribution in [3.8, 4) is 17.2 Å². The molecule has 1 aromatic heterocycles. The summed E-state index contributed by atoms with van der Waals surface area (Å²) in [5, 5.41) is 6.52. The summed E-state index contributed by atoms with van der Waals surface area (Å²) in [5.74, 6) is 2.18. The number of rotatable bonds is 10. The normalized spacial score (nSPS) is 11.3. The molecule has 0 unspecified atom stereocenters. The zero-order chi connectivity index (χ0) is 21.0. The monoisotopic (exact) mass is 408 g/mol. The van der Waals surface area contributed by atoms with Gasteiger partial charge < -0.3 is 24.5 Å². The van der Waals surface area contributed by atoms with Gasteiger partial charge in [0.15, 0.2) is 5.96 Å². The van der Waals surface area contributed by atoms with Crippen molar-refractivity contribution in [1.29, 1.82) is 0 Å². The number of hydrogen-bond donors (Lipinski definition) is 2. The summed E-state index contributed by atoms with van der Waals surface area (Å²) >= 11 is 0. The highest BCUT2D eigenvalue weighted by Gasteiger charge is 2.07. The van der Waals surface area contributed by atoms with Crippen LogP contribution in [0.1, 0.15) is 17.7 Å². The predicted molar refractivity (Wildman–Crippen MR) is 117 cm³/mol. The number of hydrogen-bond acceptors (Lipinski definition) is 5. The average molecular weight is 409 g/mol.